The molecule has 0 radical (unpaired) electrons. The van der Waals surface area contributed by atoms with Crippen LogP contribution in [0.5, 0.6) is 0 Å². The van der Waals surface area contributed by atoms with E-state index in [4.69, 9.17) is 4.74 Å². The Bertz CT molecular complexity index is 1030. The first-order valence-corrected chi connectivity index (χ1v) is 9.99. The van der Waals surface area contributed by atoms with Crippen molar-refractivity contribution in [3.05, 3.63) is 52.9 Å². The summed E-state index contributed by atoms with van der Waals surface area (Å²) in [4.78, 5) is 31.5. The molecule has 1 fully saturated rings. The standard InChI is InChI=1S/C20H22N4O3S/c1-13(25)24-9-10-27-15(12-24)18-14-5-3-4-6-16(14)28-19(18)20(26)22-11-17-21-7-8-23(17)2/h3-8,15H,9-12H2,1-2H3,(H,22,26). The van der Waals surface area contributed by atoms with Crippen molar-refractivity contribution in [1.29, 1.82) is 0 Å². The average Bonchev–Trinajstić information content (AvgIpc) is 3.29. The number of amides is 2. The molecule has 0 aliphatic carbocycles. The van der Waals surface area contributed by atoms with Crippen molar-refractivity contribution < 1.29 is 14.3 Å². The highest BCUT2D eigenvalue weighted by molar-refractivity contribution is 7.21. The first-order chi connectivity index (χ1) is 13.5. The molecular weight excluding hydrogens is 376 g/mol. The number of hydrogen-bond acceptors (Lipinski definition) is 5. The largest absolute Gasteiger partial charge is 0.370 e. The highest BCUT2D eigenvalue weighted by Gasteiger charge is 2.30. The summed E-state index contributed by atoms with van der Waals surface area (Å²) >= 11 is 1.45. The molecular formula is C20H22N4O3S. The Balaban J connectivity index is 1.66. The number of nitrogens with one attached hydrogen (secondary N) is 1. The quantitative estimate of drug-likeness (QED) is 0.733. The zero-order chi connectivity index (χ0) is 19.7. The van der Waals surface area contributed by atoms with Crippen LogP contribution in [0.1, 0.15) is 34.1 Å². The molecule has 1 aliphatic rings. The molecule has 0 bridgehead atoms. The number of benzene rings is 1. The topological polar surface area (TPSA) is 76.5 Å². The molecule has 146 valence electrons. The van der Waals surface area contributed by atoms with E-state index in [0.29, 0.717) is 31.1 Å². The van der Waals surface area contributed by atoms with Crippen LogP contribution < -0.4 is 5.32 Å². The van der Waals surface area contributed by atoms with Crippen molar-refractivity contribution in [2.75, 3.05) is 19.7 Å². The zero-order valence-electron chi connectivity index (χ0n) is 15.8. The van der Waals surface area contributed by atoms with Crippen LogP contribution in [0.4, 0.5) is 0 Å². The highest BCUT2D eigenvalue weighted by Crippen LogP contribution is 2.38. The molecule has 1 N–H and O–H groups in total. The third kappa shape index (κ3) is 3.53. The lowest BCUT2D eigenvalue weighted by Crippen LogP contribution is -2.41. The fraction of sp³-hybridized carbons (Fsp3) is 0.350. The molecule has 8 heteroatoms. The molecule has 1 atom stereocenters. The predicted octanol–water partition coefficient (Wildman–Crippen LogP) is 2.48. The Kier molecular flexibility index (Phi) is 5.15. The van der Waals surface area contributed by atoms with Crippen molar-refractivity contribution in [3.63, 3.8) is 0 Å². The van der Waals surface area contributed by atoms with Crippen LogP contribution in [0, 0.1) is 0 Å². The molecule has 2 aromatic heterocycles. The lowest BCUT2D eigenvalue weighted by Gasteiger charge is -2.32. The first-order valence-electron chi connectivity index (χ1n) is 9.17. The highest BCUT2D eigenvalue weighted by atomic mass is 32.1. The summed E-state index contributed by atoms with van der Waals surface area (Å²) in [6.45, 7) is 3.41. The monoisotopic (exact) mass is 398 g/mol. The molecule has 2 amide bonds. The van der Waals surface area contributed by atoms with Gasteiger partial charge in [0, 0.05) is 43.2 Å². The van der Waals surface area contributed by atoms with Crippen molar-refractivity contribution >= 4 is 33.2 Å². The van der Waals surface area contributed by atoms with Gasteiger partial charge >= 0.3 is 0 Å². The summed E-state index contributed by atoms with van der Waals surface area (Å²) in [5.41, 5.74) is 0.865. The minimum absolute atomic E-state index is 0.0219. The maximum Gasteiger partial charge on any atom is 0.262 e. The second kappa shape index (κ2) is 7.73. The van der Waals surface area contributed by atoms with E-state index in [0.717, 1.165) is 21.5 Å². The number of aryl methyl sites for hydroxylation is 1. The van der Waals surface area contributed by atoms with Gasteiger partial charge in [0.05, 0.1) is 24.6 Å². The van der Waals surface area contributed by atoms with Gasteiger partial charge in [-0.15, -0.1) is 11.3 Å². The Morgan fingerprint density at radius 2 is 2.18 bits per heavy atom. The Labute approximate surface area is 166 Å². The minimum Gasteiger partial charge on any atom is -0.370 e. The number of carbonyl (C=O) groups excluding carboxylic acids is 2. The average molecular weight is 398 g/mol. The van der Waals surface area contributed by atoms with Gasteiger partial charge in [-0.3, -0.25) is 9.59 Å². The number of carbonyl (C=O) groups is 2. The smallest absolute Gasteiger partial charge is 0.262 e. The van der Waals surface area contributed by atoms with Gasteiger partial charge < -0.3 is 19.5 Å². The summed E-state index contributed by atoms with van der Waals surface area (Å²) in [6, 6.07) is 7.93. The molecule has 7 nitrogen and oxygen atoms in total. The Morgan fingerprint density at radius 1 is 1.36 bits per heavy atom. The van der Waals surface area contributed by atoms with Crippen LogP contribution >= 0.6 is 11.3 Å². The van der Waals surface area contributed by atoms with Crippen LogP contribution in [0.25, 0.3) is 10.1 Å². The maximum atomic E-state index is 13.0. The van der Waals surface area contributed by atoms with Crippen LogP contribution in [-0.4, -0.2) is 46.0 Å². The van der Waals surface area contributed by atoms with Gasteiger partial charge in [0.15, 0.2) is 0 Å². The fourth-order valence-electron chi connectivity index (χ4n) is 3.47. The second-order valence-corrected chi connectivity index (χ2v) is 7.85. The van der Waals surface area contributed by atoms with Crippen molar-refractivity contribution in [1.82, 2.24) is 19.8 Å². The van der Waals surface area contributed by atoms with Crippen molar-refractivity contribution in [2.45, 2.75) is 19.6 Å². The molecule has 3 heterocycles. The van der Waals surface area contributed by atoms with E-state index in [-0.39, 0.29) is 17.9 Å². The predicted molar refractivity (Wildman–Crippen MR) is 107 cm³/mol. The van der Waals surface area contributed by atoms with Gasteiger partial charge in [-0.25, -0.2) is 4.98 Å². The number of ether oxygens (including phenoxy) is 1. The van der Waals surface area contributed by atoms with Crippen molar-refractivity contribution in [2.24, 2.45) is 7.05 Å². The van der Waals surface area contributed by atoms with Gasteiger partial charge in [-0.2, -0.15) is 0 Å². The van der Waals surface area contributed by atoms with E-state index in [1.807, 2.05) is 42.1 Å². The van der Waals surface area contributed by atoms with Crippen LogP contribution in [-0.2, 0) is 23.1 Å². The first kappa shape index (κ1) is 18.6. The Morgan fingerprint density at radius 3 is 2.93 bits per heavy atom. The van der Waals surface area contributed by atoms with Crippen LogP contribution in [0.15, 0.2) is 36.7 Å². The molecule has 3 aromatic rings. The number of fused-ring (bicyclic) bond motifs is 1. The van der Waals surface area contributed by atoms with Gasteiger partial charge in [0.1, 0.15) is 11.9 Å². The molecule has 28 heavy (non-hydrogen) atoms. The molecule has 0 spiro atoms. The number of morpholine rings is 1. The van der Waals surface area contributed by atoms with E-state index in [2.05, 4.69) is 10.3 Å². The number of nitrogens with zero attached hydrogens (tertiary/aromatic N) is 3. The summed E-state index contributed by atoms with van der Waals surface area (Å²) in [6.07, 6.45) is 3.24. The van der Waals surface area contributed by atoms with E-state index >= 15 is 0 Å². The molecule has 0 saturated carbocycles. The van der Waals surface area contributed by atoms with Crippen LogP contribution in [0.2, 0.25) is 0 Å². The van der Waals surface area contributed by atoms with E-state index in [1.165, 1.54) is 11.3 Å². The molecule has 1 unspecified atom stereocenters. The maximum absolute atomic E-state index is 13.0. The summed E-state index contributed by atoms with van der Waals surface area (Å²) in [5, 5.41) is 3.97. The number of rotatable bonds is 4. The van der Waals surface area contributed by atoms with Crippen molar-refractivity contribution in [3.8, 4) is 0 Å². The third-order valence-electron chi connectivity index (χ3n) is 5.00. The molecule has 1 saturated heterocycles. The number of aromatic nitrogens is 2. The summed E-state index contributed by atoms with van der Waals surface area (Å²) in [7, 11) is 1.89. The van der Waals surface area contributed by atoms with E-state index in [1.54, 1.807) is 18.0 Å². The van der Waals surface area contributed by atoms with Gasteiger partial charge in [-0.05, 0) is 11.5 Å². The number of imidazole rings is 1. The molecule has 1 aromatic carbocycles. The normalized spacial score (nSPS) is 17.1. The fourth-order valence-corrected chi connectivity index (χ4v) is 4.64. The van der Waals surface area contributed by atoms with Crippen LogP contribution in [0.3, 0.4) is 0 Å². The lowest BCUT2D eigenvalue weighted by molar-refractivity contribution is -0.136. The number of thiophene rings is 1. The van der Waals surface area contributed by atoms with E-state index < -0.39 is 0 Å². The van der Waals surface area contributed by atoms with Gasteiger partial charge in [0.2, 0.25) is 5.91 Å². The van der Waals surface area contributed by atoms with Gasteiger partial charge in [0.25, 0.3) is 5.91 Å². The summed E-state index contributed by atoms with van der Waals surface area (Å²) < 4.78 is 8.89. The van der Waals surface area contributed by atoms with Gasteiger partial charge in [-0.1, -0.05) is 18.2 Å². The minimum atomic E-state index is -0.317. The lowest BCUT2D eigenvalue weighted by atomic mass is 10.0. The third-order valence-corrected chi connectivity index (χ3v) is 6.19. The second-order valence-electron chi connectivity index (χ2n) is 6.80. The molecule has 1 aliphatic heterocycles. The zero-order valence-corrected chi connectivity index (χ0v) is 16.7. The molecule has 4 rings (SSSR count). The number of hydrogen-bond donors (Lipinski definition) is 1. The van der Waals surface area contributed by atoms with E-state index in [9.17, 15) is 9.59 Å². The Hall–Kier alpha value is -2.71. The SMILES string of the molecule is CC(=O)N1CCOC(c2c(C(=O)NCc3nccn3C)sc3ccccc23)C1. The summed E-state index contributed by atoms with van der Waals surface area (Å²) in [5.74, 6) is 0.657.